The molecule has 65 heavy (non-hydrogen) atoms. The van der Waals surface area contributed by atoms with Gasteiger partial charge in [-0.1, -0.05) is 142 Å². The largest absolute Gasteiger partial charge is 0.335 e. The molecule has 0 saturated heterocycles. The molecule has 3 atom stereocenters. The topological polar surface area (TPSA) is 31.7 Å². The second kappa shape index (κ2) is 23.6. The fourth-order valence-corrected chi connectivity index (χ4v) is 9.15. The maximum absolute atomic E-state index is 4.51. The Morgan fingerprint density at radius 3 is 2.31 bits per heavy atom. The highest BCUT2D eigenvalue weighted by molar-refractivity contribution is 5.93. The second-order valence-electron chi connectivity index (χ2n) is 16.7. The third-order valence-electron chi connectivity index (χ3n) is 12.5. The van der Waals surface area contributed by atoms with Crippen LogP contribution in [-0.4, -0.2) is 22.6 Å². The molecule has 0 aliphatic heterocycles. The molecular formula is C61H66N4. The van der Waals surface area contributed by atoms with E-state index in [-0.39, 0.29) is 6.04 Å². The molecule has 0 bridgehead atoms. The number of pyridine rings is 1. The van der Waals surface area contributed by atoms with Gasteiger partial charge < -0.3 is 9.80 Å². The summed E-state index contributed by atoms with van der Waals surface area (Å²) < 4.78 is 0. The number of benzene rings is 3. The molecule has 0 N–H and O–H groups in total. The van der Waals surface area contributed by atoms with Crippen LogP contribution in [0.15, 0.2) is 206 Å². The maximum atomic E-state index is 4.51. The fraction of sp³-hybridized carbons (Fsp3) is 0.213. The van der Waals surface area contributed by atoms with Gasteiger partial charge in [-0.25, -0.2) is 0 Å². The fourth-order valence-electron chi connectivity index (χ4n) is 9.15. The summed E-state index contributed by atoms with van der Waals surface area (Å²) in [4.78, 5) is 12.8. The van der Waals surface area contributed by atoms with Crippen molar-refractivity contribution in [1.82, 2.24) is 9.88 Å². The van der Waals surface area contributed by atoms with Crippen molar-refractivity contribution in [2.45, 2.75) is 72.8 Å². The van der Waals surface area contributed by atoms with E-state index in [1.807, 2.05) is 49.7 Å². The Labute approximate surface area is 390 Å². The van der Waals surface area contributed by atoms with Crippen molar-refractivity contribution in [2.24, 2.45) is 16.8 Å². The molecule has 0 amide bonds. The van der Waals surface area contributed by atoms with Crippen molar-refractivity contribution < 1.29 is 0 Å². The van der Waals surface area contributed by atoms with Crippen LogP contribution in [0.25, 0.3) is 34.9 Å². The van der Waals surface area contributed by atoms with E-state index < -0.39 is 0 Å². The van der Waals surface area contributed by atoms with Crippen LogP contribution in [0.4, 0.5) is 11.4 Å². The van der Waals surface area contributed by atoms with Crippen LogP contribution in [-0.2, 0) is 6.42 Å². The lowest BCUT2D eigenvalue weighted by Crippen LogP contribution is -2.32. The van der Waals surface area contributed by atoms with E-state index in [4.69, 9.17) is 0 Å². The summed E-state index contributed by atoms with van der Waals surface area (Å²) in [6.45, 7) is 27.8. The van der Waals surface area contributed by atoms with Crippen molar-refractivity contribution in [1.29, 1.82) is 0 Å². The highest BCUT2D eigenvalue weighted by Gasteiger charge is 2.27. The molecule has 0 fully saturated rings. The maximum Gasteiger partial charge on any atom is 0.0559 e. The number of rotatable bonds is 20. The van der Waals surface area contributed by atoms with Gasteiger partial charge in [0.25, 0.3) is 0 Å². The normalized spacial score (nSPS) is 16.8. The Bertz CT molecular complexity index is 2590. The zero-order valence-electron chi connectivity index (χ0n) is 39.2. The van der Waals surface area contributed by atoms with Crippen LogP contribution >= 0.6 is 0 Å². The van der Waals surface area contributed by atoms with Gasteiger partial charge in [-0.15, -0.1) is 6.58 Å². The van der Waals surface area contributed by atoms with Crippen molar-refractivity contribution >= 4 is 41.9 Å². The first-order chi connectivity index (χ1) is 31.7. The standard InChI is InChI=1S/C61H66N4/c1-10-14-22-46(6)64(56-39-42-63-43-40-56)54-33-28-49(29-34-54)30-37-58-57(13-4)61(52-24-18-16-19-25-52)59(48(8)60(58)50(12-3)23-15-11-2)44-45(5)51-31-35-55(36-32-51)65(47(7)38-41-62-9)53-26-20-17-21-27-53/h10-14,16-22,24-26,28-31,33-43,45,51,53H,2,4,7,9,15,23,27,32,44H2,1,3,5-6,8H3/b14-10-,37-30+,41-38-,46-22+,50-12+. The SMILES string of the molecule is C=CCC/C(=C\C)c1c(C)c(CC(C)C2C=CC(N(C(=C)/C=C\N=C)C3C=CC=CC3)=CC2)c(-c2ccccc2)c(C=C)c1/C=C/c1ccc(N(/C(C)=C/C=C\C)c2ccncc2)cc1. The summed E-state index contributed by atoms with van der Waals surface area (Å²) in [5, 5.41) is 0. The average molecular weight is 855 g/mol. The molecular weight excluding hydrogens is 789 g/mol. The van der Waals surface area contributed by atoms with Crippen molar-refractivity contribution in [3.8, 4) is 11.1 Å². The number of nitrogens with zero attached hydrogens (tertiary/aromatic N) is 4. The van der Waals surface area contributed by atoms with Gasteiger partial charge in [0.2, 0.25) is 0 Å². The summed E-state index contributed by atoms with van der Waals surface area (Å²) in [6.07, 6.45) is 45.0. The summed E-state index contributed by atoms with van der Waals surface area (Å²) in [5.41, 5.74) is 16.6. The molecule has 0 radical (unpaired) electrons. The lowest BCUT2D eigenvalue weighted by Gasteiger charge is -2.36. The highest BCUT2D eigenvalue weighted by Crippen LogP contribution is 2.43. The molecule has 330 valence electrons. The number of anilines is 2. The Balaban J connectivity index is 1.41. The van der Waals surface area contributed by atoms with E-state index in [1.165, 1.54) is 44.7 Å². The predicted molar refractivity (Wildman–Crippen MR) is 285 cm³/mol. The quantitative estimate of drug-likeness (QED) is 0.0384. The van der Waals surface area contributed by atoms with Gasteiger partial charge in [0, 0.05) is 47.1 Å². The summed E-state index contributed by atoms with van der Waals surface area (Å²) in [5.74, 6) is 0.723. The van der Waals surface area contributed by atoms with Crippen LogP contribution in [0.3, 0.4) is 0 Å². The Hall–Kier alpha value is -7.04. The van der Waals surface area contributed by atoms with E-state index in [0.717, 1.165) is 66.0 Å². The van der Waals surface area contributed by atoms with Gasteiger partial charge >= 0.3 is 0 Å². The molecule has 3 unspecified atom stereocenters. The number of aliphatic imine (C=N–C) groups is 1. The van der Waals surface area contributed by atoms with Crippen LogP contribution in [0.1, 0.15) is 86.8 Å². The first kappa shape index (κ1) is 47.4. The van der Waals surface area contributed by atoms with Gasteiger partial charge in [0.1, 0.15) is 0 Å². The minimum Gasteiger partial charge on any atom is -0.335 e. The van der Waals surface area contributed by atoms with Crippen LogP contribution in [0.5, 0.6) is 0 Å². The Morgan fingerprint density at radius 1 is 0.923 bits per heavy atom. The molecule has 3 aromatic carbocycles. The lowest BCUT2D eigenvalue weighted by atomic mass is 9.76. The zero-order valence-corrected chi connectivity index (χ0v) is 39.2. The molecule has 2 aliphatic carbocycles. The molecule has 4 nitrogen and oxygen atoms in total. The molecule has 0 spiro atoms. The van der Waals surface area contributed by atoms with E-state index in [0.29, 0.717) is 11.8 Å². The molecule has 4 aromatic rings. The van der Waals surface area contributed by atoms with E-state index in [9.17, 15) is 0 Å². The number of hydrogen-bond donors (Lipinski definition) is 0. The third-order valence-corrected chi connectivity index (χ3v) is 12.5. The predicted octanol–water partition coefficient (Wildman–Crippen LogP) is 16.4. The summed E-state index contributed by atoms with van der Waals surface area (Å²) in [7, 11) is 0. The van der Waals surface area contributed by atoms with Crippen LogP contribution in [0.2, 0.25) is 0 Å². The zero-order chi connectivity index (χ0) is 46.1. The van der Waals surface area contributed by atoms with Gasteiger partial charge in [0.15, 0.2) is 0 Å². The van der Waals surface area contributed by atoms with Crippen molar-refractivity contribution in [3.63, 3.8) is 0 Å². The minimum atomic E-state index is 0.190. The first-order valence-electron chi connectivity index (χ1n) is 23.0. The van der Waals surface area contributed by atoms with Gasteiger partial charge in [-0.05, 0) is 171 Å². The number of aromatic nitrogens is 1. The number of allylic oxidation sites excluding steroid dienone is 13. The third kappa shape index (κ3) is 11.6. The number of hydrogen-bond acceptors (Lipinski definition) is 4. The van der Waals surface area contributed by atoms with E-state index in [1.54, 1.807) is 6.20 Å². The minimum absolute atomic E-state index is 0.190. The average Bonchev–Trinajstić information content (AvgIpc) is 3.34. The van der Waals surface area contributed by atoms with Crippen LogP contribution in [0, 0.1) is 18.8 Å². The monoisotopic (exact) mass is 855 g/mol. The van der Waals surface area contributed by atoms with Gasteiger partial charge in [-0.3, -0.25) is 9.98 Å². The Kier molecular flexibility index (Phi) is 17.2. The molecule has 1 heterocycles. The van der Waals surface area contributed by atoms with Crippen LogP contribution < -0.4 is 4.90 Å². The molecule has 2 aliphatic rings. The summed E-state index contributed by atoms with van der Waals surface area (Å²) in [6, 6.07) is 24.0. The van der Waals surface area contributed by atoms with Crippen molar-refractivity contribution in [3.05, 3.63) is 235 Å². The lowest BCUT2D eigenvalue weighted by molar-refractivity contribution is 0.368. The van der Waals surface area contributed by atoms with E-state index >= 15 is 0 Å². The molecule has 4 heteroatoms. The van der Waals surface area contributed by atoms with E-state index in [2.05, 4.69) is 208 Å². The first-order valence-corrected chi connectivity index (χ1v) is 23.0. The second-order valence-corrected chi connectivity index (χ2v) is 16.7. The van der Waals surface area contributed by atoms with Gasteiger partial charge in [0.05, 0.1) is 6.04 Å². The smallest absolute Gasteiger partial charge is 0.0559 e. The molecule has 6 rings (SSSR count). The summed E-state index contributed by atoms with van der Waals surface area (Å²) >= 11 is 0. The highest BCUT2D eigenvalue weighted by atomic mass is 15.2. The van der Waals surface area contributed by atoms with Crippen molar-refractivity contribution in [2.75, 3.05) is 4.90 Å². The van der Waals surface area contributed by atoms with Gasteiger partial charge in [-0.2, -0.15) is 0 Å². The molecule has 1 aromatic heterocycles. The molecule has 0 saturated carbocycles. The Morgan fingerprint density at radius 2 is 1.68 bits per heavy atom.